The fourth-order valence-corrected chi connectivity index (χ4v) is 4.97. The Balaban J connectivity index is 1.12. The van der Waals surface area contributed by atoms with Crippen molar-refractivity contribution in [2.75, 3.05) is 9.80 Å². The van der Waals surface area contributed by atoms with E-state index in [4.69, 9.17) is 4.74 Å². The predicted octanol–water partition coefficient (Wildman–Crippen LogP) is 10.3. The minimum atomic E-state index is 0.554. The van der Waals surface area contributed by atoms with Crippen LogP contribution in [-0.2, 0) is 18.0 Å². The van der Waals surface area contributed by atoms with Gasteiger partial charge in [0.2, 0.25) is 0 Å². The lowest BCUT2D eigenvalue weighted by molar-refractivity contribution is 0.107. The SMILES string of the molecule is c1ccc(N(c2ccccc2)c2ccc(COCc3ccc(N(c4ccccc4)c4ccccc4)cc3)cc2)cc1. The summed E-state index contributed by atoms with van der Waals surface area (Å²) in [6, 6.07) is 59.0. The van der Waals surface area contributed by atoms with Crippen LogP contribution in [0.1, 0.15) is 11.1 Å². The van der Waals surface area contributed by atoms with Crippen LogP contribution in [0.15, 0.2) is 170 Å². The summed E-state index contributed by atoms with van der Waals surface area (Å²) in [6.45, 7) is 1.11. The van der Waals surface area contributed by atoms with Crippen LogP contribution in [0.2, 0.25) is 0 Å². The Bertz CT molecular complexity index is 1420. The first-order chi connectivity index (χ1) is 20.3. The van der Waals surface area contributed by atoms with Crippen LogP contribution >= 0.6 is 0 Å². The summed E-state index contributed by atoms with van der Waals surface area (Å²) >= 11 is 0. The molecule has 0 spiro atoms. The molecule has 0 N–H and O–H groups in total. The van der Waals surface area contributed by atoms with Gasteiger partial charge in [0, 0.05) is 34.1 Å². The third kappa shape index (κ3) is 6.38. The number of nitrogens with zero attached hydrogens (tertiary/aromatic N) is 2. The van der Waals surface area contributed by atoms with Crippen LogP contribution in [-0.4, -0.2) is 0 Å². The fraction of sp³-hybridized carbons (Fsp3) is 0.0526. The van der Waals surface area contributed by atoms with E-state index in [1.165, 1.54) is 0 Å². The van der Waals surface area contributed by atoms with Crippen molar-refractivity contribution in [3.05, 3.63) is 181 Å². The van der Waals surface area contributed by atoms with Crippen LogP contribution < -0.4 is 9.80 Å². The molecule has 3 nitrogen and oxygen atoms in total. The highest BCUT2D eigenvalue weighted by atomic mass is 16.5. The molecule has 0 unspecified atom stereocenters. The van der Waals surface area contributed by atoms with E-state index in [0.29, 0.717) is 13.2 Å². The summed E-state index contributed by atoms with van der Waals surface area (Å²) in [5.74, 6) is 0. The summed E-state index contributed by atoms with van der Waals surface area (Å²) in [7, 11) is 0. The normalized spacial score (nSPS) is 10.7. The average molecular weight is 533 g/mol. The predicted molar refractivity (Wildman–Crippen MR) is 171 cm³/mol. The minimum absolute atomic E-state index is 0.554. The molecule has 0 fully saturated rings. The highest BCUT2D eigenvalue weighted by Crippen LogP contribution is 2.35. The topological polar surface area (TPSA) is 15.7 Å². The number of anilines is 6. The third-order valence-electron chi connectivity index (χ3n) is 6.98. The van der Waals surface area contributed by atoms with Crippen LogP contribution in [0.5, 0.6) is 0 Å². The lowest BCUT2D eigenvalue weighted by atomic mass is 10.1. The zero-order valence-electron chi connectivity index (χ0n) is 22.9. The lowest BCUT2D eigenvalue weighted by Gasteiger charge is -2.25. The van der Waals surface area contributed by atoms with Gasteiger partial charge in [-0.05, 0) is 83.9 Å². The van der Waals surface area contributed by atoms with Crippen molar-refractivity contribution in [1.29, 1.82) is 0 Å². The summed E-state index contributed by atoms with van der Waals surface area (Å²) in [4.78, 5) is 4.53. The molecule has 0 bridgehead atoms. The van der Waals surface area contributed by atoms with Crippen molar-refractivity contribution in [1.82, 2.24) is 0 Å². The molecular weight excluding hydrogens is 500 g/mol. The van der Waals surface area contributed by atoms with Crippen LogP contribution in [0.25, 0.3) is 0 Å². The maximum absolute atomic E-state index is 6.12. The second kappa shape index (κ2) is 12.8. The first-order valence-electron chi connectivity index (χ1n) is 13.9. The molecule has 6 rings (SSSR count). The Kier molecular flexibility index (Phi) is 8.17. The maximum atomic E-state index is 6.12. The smallest absolute Gasteiger partial charge is 0.0721 e. The van der Waals surface area contributed by atoms with E-state index in [1.807, 2.05) is 24.3 Å². The Morgan fingerprint density at radius 1 is 0.293 bits per heavy atom. The zero-order valence-corrected chi connectivity index (χ0v) is 22.9. The summed E-state index contributed by atoms with van der Waals surface area (Å²) in [5.41, 5.74) is 9.03. The van der Waals surface area contributed by atoms with Gasteiger partial charge < -0.3 is 14.5 Å². The monoisotopic (exact) mass is 532 g/mol. The maximum Gasteiger partial charge on any atom is 0.0721 e. The highest BCUT2D eigenvalue weighted by Gasteiger charge is 2.13. The van der Waals surface area contributed by atoms with Gasteiger partial charge in [-0.25, -0.2) is 0 Å². The molecule has 0 saturated heterocycles. The first kappa shape index (κ1) is 26.1. The molecule has 0 radical (unpaired) electrons. The number of rotatable bonds is 10. The molecule has 200 valence electrons. The lowest BCUT2D eigenvalue weighted by Crippen LogP contribution is -2.09. The molecule has 0 aliphatic carbocycles. The summed E-state index contributed by atoms with van der Waals surface area (Å²) in [6.07, 6.45) is 0. The van der Waals surface area contributed by atoms with E-state index in [1.54, 1.807) is 0 Å². The van der Waals surface area contributed by atoms with Crippen molar-refractivity contribution in [2.45, 2.75) is 13.2 Å². The first-order valence-corrected chi connectivity index (χ1v) is 13.9. The minimum Gasteiger partial charge on any atom is -0.372 e. The Morgan fingerprint density at radius 2 is 0.537 bits per heavy atom. The molecular formula is C38H32N2O. The van der Waals surface area contributed by atoms with Crippen molar-refractivity contribution < 1.29 is 4.74 Å². The number of hydrogen-bond acceptors (Lipinski definition) is 3. The Hall–Kier alpha value is -5.12. The van der Waals surface area contributed by atoms with Gasteiger partial charge in [0.15, 0.2) is 0 Å². The van der Waals surface area contributed by atoms with Gasteiger partial charge in [0.05, 0.1) is 13.2 Å². The van der Waals surface area contributed by atoms with Crippen molar-refractivity contribution in [3.8, 4) is 0 Å². The van der Waals surface area contributed by atoms with Crippen LogP contribution in [0, 0.1) is 0 Å². The van der Waals surface area contributed by atoms with Crippen LogP contribution in [0.4, 0.5) is 34.1 Å². The number of benzene rings is 6. The van der Waals surface area contributed by atoms with Gasteiger partial charge in [0.1, 0.15) is 0 Å². The van der Waals surface area contributed by atoms with Crippen LogP contribution in [0.3, 0.4) is 0 Å². The molecule has 0 aromatic heterocycles. The zero-order chi connectivity index (χ0) is 27.7. The molecule has 0 heterocycles. The van der Waals surface area contributed by atoms with Gasteiger partial charge >= 0.3 is 0 Å². The van der Waals surface area contributed by atoms with E-state index >= 15 is 0 Å². The third-order valence-corrected chi connectivity index (χ3v) is 6.98. The van der Waals surface area contributed by atoms with Gasteiger partial charge in [-0.2, -0.15) is 0 Å². The number of para-hydroxylation sites is 4. The summed E-state index contributed by atoms with van der Waals surface area (Å²) in [5, 5.41) is 0. The van der Waals surface area contributed by atoms with E-state index < -0.39 is 0 Å². The summed E-state index contributed by atoms with van der Waals surface area (Å²) < 4.78 is 6.12. The van der Waals surface area contributed by atoms with Gasteiger partial charge in [-0.15, -0.1) is 0 Å². The van der Waals surface area contributed by atoms with E-state index in [-0.39, 0.29) is 0 Å². The molecule has 0 aliphatic heterocycles. The molecule has 6 aromatic carbocycles. The Labute approximate surface area is 242 Å². The van der Waals surface area contributed by atoms with Crippen molar-refractivity contribution >= 4 is 34.1 Å². The van der Waals surface area contributed by atoms with E-state index in [2.05, 4.69) is 155 Å². The quantitative estimate of drug-likeness (QED) is 0.175. The highest BCUT2D eigenvalue weighted by molar-refractivity contribution is 5.77. The average Bonchev–Trinajstić information content (AvgIpc) is 3.05. The molecule has 41 heavy (non-hydrogen) atoms. The van der Waals surface area contributed by atoms with E-state index in [9.17, 15) is 0 Å². The molecule has 0 amide bonds. The van der Waals surface area contributed by atoms with Gasteiger partial charge in [-0.3, -0.25) is 0 Å². The number of ether oxygens (including phenoxy) is 1. The van der Waals surface area contributed by atoms with Crippen molar-refractivity contribution in [3.63, 3.8) is 0 Å². The standard InChI is InChI=1S/C38H32N2O/c1-5-13-33(14-6-1)39(34-15-7-2-8-16-34)37-25-21-31(22-26-37)29-41-30-32-23-27-38(28-24-32)40(35-17-9-3-10-18-35)36-19-11-4-12-20-36/h1-28H,29-30H2. The molecule has 0 saturated carbocycles. The molecule has 0 atom stereocenters. The fourth-order valence-electron chi connectivity index (χ4n) is 4.97. The van der Waals surface area contributed by atoms with Gasteiger partial charge in [-0.1, -0.05) is 97.1 Å². The molecule has 6 aromatic rings. The van der Waals surface area contributed by atoms with E-state index in [0.717, 1.165) is 45.3 Å². The second-order valence-corrected chi connectivity index (χ2v) is 9.84. The second-order valence-electron chi connectivity index (χ2n) is 9.84. The molecule has 3 heteroatoms. The number of hydrogen-bond donors (Lipinski definition) is 0. The molecule has 0 aliphatic rings. The van der Waals surface area contributed by atoms with Crippen molar-refractivity contribution in [2.24, 2.45) is 0 Å². The Morgan fingerprint density at radius 3 is 0.805 bits per heavy atom. The largest absolute Gasteiger partial charge is 0.372 e. The van der Waals surface area contributed by atoms with Gasteiger partial charge in [0.25, 0.3) is 0 Å².